The van der Waals surface area contributed by atoms with E-state index in [1.54, 1.807) is 0 Å². The lowest BCUT2D eigenvalue weighted by atomic mass is 9.75. The van der Waals surface area contributed by atoms with Crippen LogP contribution in [-0.2, 0) is 0 Å². The van der Waals surface area contributed by atoms with Crippen LogP contribution in [-0.4, -0.2) is 11.2 Å². The molecule has 1 aromatic carbocycles. The highest BCUT2D eigenvalue weighted by atomic mass is 19.1. The summed E-state index contributed by atoms with van der Waals surface area (Å²) in [6.45, 7) is 1.51. The van der Waals surface area contributed by atoms with Crippen molar-refractivity contribution in [1.82, 2.24) is 0 Å². The molecule has 0 bridgehead atoms. The summed E-state index contributed by atoms with van der Waals surface area (Å²) >= 11 is 0. The summed E-state index contributed by atoms with van der Waals surface area (Å²) in [5, 5.41) is 9.16. The molecule has 2 rings (SSSR count). The molecular formula is C12H15F2NO. The van der Waals surface area contributed by atoms with Crippen molar-refractivity contribution < 1.29 is 13.9 Å². The summed E-state index contributed by atoms with van der Waals surface area (Å²) in [4.78, 5) is 0. The Morgan fingerprint density at radius 2 is 1.94 bits per heavy atom. The number of halogens is 2. The van der Waals surface area contributed by atoms with Crippen LogP contribution < -0.4 is 5.73 Å². The summed E-state index contributed by atoms with van der Waals surface area (Å²) in [5.74, 6) is -0.855. The van der Waals surface area contributed by atoms with Gasteiger partial charge in [-0.2, -0.15) is 0 Å². The Balaban J connectivity index is 2.23. The number of nitrogens with two attached hydrogens (primary N) is 1. The van der Waals surface area contributed by atoms with E-state index < -0.39 is 17.7 Å². The van der Waals surface area contributed by atoms with Crippen LogP contribution in [0.5, 0.6) is 0 Å². The summed E-state index contributed by atoms with van der Waals surface area (Å²) in [6.07, 6.45) is 0.793. The van der Waals surface area contributed by atoms with Gasteiger partial charge in [-0.05, 0) is 43.4 Å². The molecule has 0 radical (unpaired) electrons. The molecule has 1 aliphatic rings. The minimum atomic E-state index is -0.529. The van der Waals surface area contributed by atoms with E-state index in [0.29, 0.717) is 12.8 Å². The van der Waals surface area contributed by atoms with Gasteiger partial charge < -0.3 is 10.8 Å². The maximum absolute atomic E-state index is 13.6. The summed E-state index contributed by atoms with van der Waals surface area (Å²) in [7, 11) is 0. The third-order valence-electron chi connectivity index (χ3n) is 3.29. The number of aryl methyl sites for hydroxylation is 1. The van der Waals surface area contributed by atoms with Gasteiger partial charge >= 0.3 is 0 Å². The van der Waals surface area contributed by atoms with Crippen molar-refractivity contribution >= 4 is 0 Å². The zero-order valence-electron chi connectivity index (χ0n) is 9.08. The number of benzene rings is 1. The highest BCUT2D eigenvalue weighted by molar-refractivity contribution is 5.28. The van der Waals surface area contributed by atoms with Crippen LogP contribution in [0.25, 0.3) is 0 Å². The molecule has 1 atom stereocenters. The van der Waals surface area contributed by atoms with Crippen LogP contribution in [0.4, 0.5) is 8.78 Å². The molecule has 0 amide bonds. The maximum Gasteiger partial charge on any atom is 0.128 e. The van der Waals surface area contributed by atoms with Gasteiger partial charge in [0.2, 0.25) is 0 Å². The number of rotatable bonds is 2. The minimum absolute atomic E-state index is 0.0478. The SMILES string of the molecule is Cc1cc(F)c([C@H](N)[C@H]2C[C@H](O)C2)cc1F. The summed E-state index contributed by atoms with van der Waals surface area (Å²) in [6, 6.07) is 1.80. The molecule has 4 heteroatoms. The monoisotopic (exact) mass is 227 g/mol. The Hall–Kier alpha value is -1.00. The zero-order chi connectivity index (χ0) is 11.9. The van der Waals surface area contributed by atoms with Crippen molar-refractivity contribution in [2.24, 2.45) is 11.7 Å². The first kappa shape index (κ1) is 11.5. The standard InChI is InChI=1S/C12H15F2NO/c1-6-2-11(14)9(5-10(6)13)12(15)7-3-8(16)4-7/h2,5,7-8,12,16H,3-4,15H2,1H3/t7-,8-,12-/m1/s1. The van der Waals surface area contributed by atoms with Gasteiger partial charge in [0, 0.05) is 11.6 Å². The van der Waals surface area contributed by atoms with E-state index in [4.69, 9.17) is 10.8 Å². The second kappa shape index (κ2) is 4.11. The molecule has 0 spiro atoms. The fraction of sp³-hybridized carbons (Fsp3) is 0.500. The Morgan fingerprint density at radius 3 is 2.50 bits per heavy atom. The smallest absolute Gasteiger partial charge is 0.128 e. The van der Waals surface area contributed by atoms with Gasteiger partial charge in [-0.15, -0.1) is 0 Å². The Kier molecular flexibility index (Phi) is 2.95. The fourth-order valence-corrected chi connectivity index (χ4v) is 2.09. The van der Waals surface area contributed by atoms with E-state index >= 15 is 0 Å². The molecule has 0 heterocycles. The number of aliphatic hydroxyl groups is 1. The molecule has 0 unspecified atom stereocenters. The second-order valence-corrected chi connectivity index (χ2v) is 4.53. The van der Waals surface area contributed by atoms with Crippen molar-refractivity contribution in [3.05, 3.63) is 34.9 Å². The normalized spacial score (nSPS) is 26.3. The van der Waals surface area contributed by atoms with Crippen molar-refractivity contribution in [2.45, 2.75) is 31.9 Å². The fourth-order valence-electron chi connectivity index (χ4n) is 2.09. The first-order valence-electron chi connectivity index (χ1n) is 5.38. The lowest BCUT2D eigenvalue weighted by Crippen LogP contribution is -2.36. The van der Waals surface area contributed by atoms with Gasteiger partial charge in [-0.3, -0.25) is 0 Å². The third kappa shape index (κ3) is 1.95. The van der Waals surface area contributed by atoms with Crippen LogP contribution in [0.3, 0.4) is 0 Å². The molecule has 0 saturated heterocycles. The molecule has 1 fully saturated rings. The van der Waals surface area contributed by atoms with Gasteiger partial charge in [0.15, 0.2) is 0 Å². The average Bonchev–Trinajstić information content (AvgIpc) is 2.18. The molecule has 1 aliphatic carbocycles. The molecular weight excluding hydrogens is 212 g/mol. The van der Waals surface area contributed by atoms with Crippen LogP contribution in [0.1, 0.15) is 30.0 Å². The highest BCUT2D eigenvalue weighted by Crippen LogP contribution is 2.37. The van der Waals surface area contributed by atoms with E-state index in [2.05, 4.69) is 0 Å². The summed E-state index contributed by atoms with van der Waals surface area (Å²) < 4.78 is 26.9. The van der Waals surface area contributed by atoms with E-state index in [9.17, 15) is 8.78 Å². The topological polar surface area (TPSA) is 46.2 Å². The van der Waals surface area contributed by atoms with Gasteiger partial charge in [0.05, 0.1) is 6.10 Å². The quantitative estimate of drug-likeness (QED) is 0.812. The summed E-state index contributed by atoms with van der Waals surface area (Å²) in [5.41, 5.74) is 6.35. The van der Waals surface area contributed by atoms with E-state index in [-0.39, 0.29) is 23.1 Å². The van der Waals surface area contributed by atoms with Crippen molar-refractivity contribution in [1.29, 1.82) is 0 Å². The van der Waals surface area contributed by atoms with E-state index in [1.807, 2.05) is 0 Å². The molecule has 0 aromatic heterocycles. The van der Waals surface area contributed by atoms with Crippen LogP contribution >= 0.6 is 0 Å². The van der Waals surface area contributed by atoms with Crippen LogP contribution in [0.2, 0.25) is 0 Å². The van der Waals surface area contributed by atoms with E-state index in [1.165, 1.54) is 19.1 Å². The van der Waals surface area contributed by atoms with Crippen LogP contribution in [0.15, 0.2) is 12.1 Å². The minimum Gasteiger partial charge on any atom is -0.393 e. The van der Waals surface area contributed by atoms with Crippen molar-refractivity contribution in [2.75, 3.05) is 0 Å². The Labute approximate surface area is 93.1 Å². The average molecular weight is 227 g/mol. The molecule has 1 aromatic rings. The third-order valence-corrected chi connectivity index (χ3v) is 3.29. The van der Waals surface area contributed by atoms with Crippen molar-refractivity contribution in [3.63, 3.8) is 0 Å². The second-order valence-electron chi connectivity index (χ2n) is 4.53. The highest BCUT2D eigenvalue weighted by Gasteiger charge is 2.34. The zero-order valence-corrected chi connectivity index (χ0v) is 9.08. The maximum atomic E-state index is 13.6. The Morgan fingerprint density at radius 1 is 1.31 bits per heavy atom. The number of hydrogen-bond donors (Lipinski definition) is 2. The molecule has 0 aliphatic heterocycles. The Bertz CT molecular complexity index is 402. The number of aliphatic hydroxyl groups excluding tert-OH is 1. The van der Waals surface area contributed by atoms with Gasteiger partial charge in [0.25, 0.3) is 0 Å². The molecule has 88 valence electrons. The molecule has 3 N–H and O–H groups in total. The largest absolute Gasteiger partial charge is 0.393 e. The molecule has 2 nitrogen and oxygen atoms in total. The lowest BCUT2D eigenvalue weighted by Gasteiger charge is -2.36. The van der Waals surface area contributed by atoms with Gasteiger partial charge in [-0.25, -0.2) is 8.78 Å². The first-order chi connectivity index (χ1) is 7.49. The predicted octanol–water partition coefficient (Wildman–Crippen LogP) is 2.04. The number of hydrogen-bond acceptors (Lipinski definition) is 2. The van der Waals surface area contributed by atoms with Gasteiger partial charge in [0.1, 0.15) is 11.6 Å². The van der Waals surface area contributed by atoms with E-state index in [0.717, 1.165) is 0 Å². The van der Waals surface area contributed by atoms with Gasteiger partial charge in [-0.1, -0.05) is 0 Å². The lowest BCUT2D eigenvalue weighted by molar-refractivity contribution is 0.0302. The van der Waals surface area contributed by atoms with Crippen molar-refractivity contribution in [3.8, 4) is 0 Å². The first-order valence-corrected chi connectivity index (χ1v) is 5.38. The predicted molar refractivity (Wildman–Crippen MR) is 56.8 cm³/mol. The molecule has 16 heavy (non-hydrogen) atoms. The molecule has 1 saturated carbocycles. The van der Waals surface area contributed by atoms with Crippen LogP contribution in [0, 0.1) is 24.5 Å².